The molecule has 0 saturated carbocycles. The lowest BCUT2D eigenvalue weighted by atomic mass is 9.95. The number of carbonyl (C=O) groups excluding carboxylic acids is 1. The third kappa shape index (κ3) is 1.81. The van der Waals surface area contributed by atoms with Crippen molar-refractivity contribution < 1.29 is 4.79 Å². The minimum absolute atomic E-state index is 0.118. The molecule has 2 atom stereocenters. The lowest BCUT2D eigenvalue weighted by molar-refractivity contribution is 0.0903. The fraction of sp³-hybridized carbons (Fsp3) is 0.636. The highest BCUT2D eigenvalue weighted by atomic mass is 16.1. The van der Waals surface area contributed by atoms with Crippen LogP contribution in [0.5, 0.6) is 0 Å². The molecule has 1 aromatic rings. The fourth-order valence-electron chi connectivity index (χ4n) is 2.20. The van der Waals surface area contributed by atoms with Crippen LogP contribution < -0.4 is 5.32 Å². The molecule has 0 bridgehead atoms. The largest absolute Gasteiger partial charge is 0.313 e. The Labute approximate surface area is 89.7 Å². The molecule has 1 saturated heterocycles. The molecule has 1 aromatic heterocycles. The van der Waals surface area contributed by atoms with Crippen molar-refractivity contribution in [1.82, 2.24) is 15.1 Å². The first-order chi connectivity index (χ1) is 7.24. The van der Waals surface area contributed by atoms with Crippen LogP contribution in [0.15, 0.2) is 12.3 Å². The zero-order valence-corrected chi connectivity index (χ0v) is 9.23. The van der Waals surface area contributed by atoms with Crippen LogP contribution in [0.4, 0.5) is 0 Å². The maximum Gasteiger partial charge on any atom is 0.185 e. The van der Waals surface area contributed by atoms with Gasteiger partial charge in [-0.15, -0.1) is 0 Å². The Kier molecular flexibility index (Phi) is 2.86. The summed E-state index contributed by atoms with van der Waals surface area (Å²) in [7, 11) is 0. The zero-order chi connectivity index (χ0) is 10.8. The second-order valence-corrected chi connectivity index (χ2v) is 4.03. The number of ketones is 1. The van der Waals surface area contributed by atoms with Crippen molar-refractivity contribution in [2.45, 2.75) is 32.9 Å². The van der Waals surface area contributed by atoms with Gasteiger partial charge < -0.3 is 5.32 Å². The van der Waals surface area contributed by atoms with Gasteiger partial charge in [-0.25, -0.2) is 0 Å². The molecule has 0 spiro atoms. The van der Waals surface area contributed by atoms with E-state index in [1.807, 2.05) is 13.0 Å². The molecule has 0 aliphatic carbocycles. The van der Waals surface area contributed by atoms with Gasteiger partial charge in [0.25, 0.3) is 0 Å². The van der Waals surface area contributed by atoms with Crippen molar-refractivity contribution in [3.8, 4) is 0 Å². The first-order valence-corrected chi connectivity index (χ1v) is 5.53. The fourth-order valence-corrected chi connectivity index (χ4v) is 2.20. The van der Waals surface area contributed by atoms with Gasteiger partial charge in [-0.1, -0.05) is 0 Å². The first kappa shape index (κ1) is 10.4. The lowest BCUT2D eigenvalue weighted by Gasteiger charge is -2.14. The van der Waals surface area contributed by atoms with Gasteiger partial charge in [0.15, 0.2) is 5.78 Å². The second-order valence-electron chi connectivity index (χ2n) is 4.03. The molecular weight excluding hydrogens is 190 g/mol. The van der Waals surface area contributed by atoms with E-state index in [0.717, 1.165) is 25.2 Å². The molecule has 1 fully saturated rings. The summed E-state index contributed by atoms with van der Waals surface area (Å²) in [6, 6.07) is 2.11. The SMILES string of the molecule is CCn1nccc1C(=O)C1CCNC1C. The number of nitrogens with zero attached hydrogens (tertiary/aromatic N) is 2. The number of carbonyl (C=O) groups is 1. The molecule has 0 amide bonds. The van der Waals surface area contributed by atoms with Crippen molar-refractivity contribution in [2.75, 3.05) is 6.54 Å². The highest BCUT2D eigenvalue weighted by Gasteiger charge is 2.31. The second kappa shape index (κ2) is 4.14. The van der Waals surface area contributed by atoms with E-state index in [9.17, 15) is 4.79 Å². The molecule has 1 N–H and O–H groups in total. The van der Waals surface area contributed by atoms with Crippen molar-refractivity contribution in [2.24, 2.45) is 5.92 Å². The minimum atomic E-state index is 0.118. The highest BCUT2D eigenvalue weighted by molar-refractivity contribution is 5.96. The van der Waals surface area contributed by atoms with E-state index in [1.165, 1.54) is 0 Å². The van der Waals surface area contributed by atoms with Crippen LogP contribution in [0.25, 0.3) is 0 Å². The van der Waals surface area contributed by atoms with Crippen molar-refractivity contribution >= 4 is 5.78 Å². The number of hydrogen-bond donors (Lipinski definition) is 1. The number of nitrogens with one attached hydrogen (secondary N) is 1. The van der Waals surface area contributed by atoms with E-state index >= 15 is 0 Å². The quantitative estimate of drug-likeness (QED) is 0.754. The minimum Gasteiger partial charge on any atom is -0.313 e. The Morgan fingerprint density at radius 1 is 1.73 bits per heavy atom. The average Bonchev–Trinajstić information content (AvgIpc) is 2.84. The summed E-state index contributed by atoms with van der Waals surface area (Å²) >= 11 is 0. The predicted octanol–water partition coefficient (Wildman–Crippen LogP) is 1.08. The van der Waals surface area contributed by atoms with E-state index < -0.39 is 0 Å². The zero-order valence-electron chi connectivity index (χ0n) is 9.23. The Hall–Kier alpha value is -1.16. The molecule has 82 valence electrons. The normalized spacial score (nSPS) is 25.7. The van der Waals surface area contributed by atoms with Crippen LogP contribution in [-0.2, 0) is 6.54 Å². The third-order valence-electron chi connectivity index (χ3n) is 3.13. The number of Topliss-reactive ketones (excluding diaryl/α,β-unsaturated/α-hetero) is 1. The lowest BCUT2D eigenvalue weighted by Crippen LogP contribution is -2.29. The molecule has 0 aromatic carbocycles. The summed E-state index contributed by atoms with van der Waals surface area (Å²) in [5, 5.41) is 7.43. The Balaban J connectivity index is 2.20. The van der Waals surface area contributed by atoms with Crippen LogP contribution in [0.3, 0.4) is 0 Å². The van der Waals surface area contributed by atoms with Gasteiger partial charge in [0, 0.05) is 24.7 Å². The van der Waals surface area contributed by atoms with Crippen LogP contribution in [0.2, 0.25) is 0 Å². The van der Waals surface area contributed by atoms with Crippen LogP contribution in [-0.4, -0.2) is 28.2 Å². The Bertz CT molecular complexity index is 358. The molecular formula is C11H17N3O. The standard InChI is InChI=1S/C11H17N3O/c1-3-14-10(5-7-13-14)11(15)9-4-6-12-8(9)2/h5,7-9,12H,3-4,6H2,1-2H3. The van der Waals surface area contributed by atoms with Gasteiger partial charge in [-0.3, -0.25) is 9.48 Å². The Morgan fingerprint density at radius 2 is 2.53 bits per heavy atom. The number of aromatic nitrogens is 2. The summed E-state index contributed by atoms with van der Waals surface area (Å²) in [5.74, 6) is 0.346. The number of hydrogen-bond acceptors (Lipinski definition) is 3. The maximum absolute atomic E-state index is 12.2. The predicted molar refractivity (Wildman–Crippen MR) is 57.8 cm³/mol. The molecule has 2 unspecified atom stereocenters. The van der Waals surface area contributed by atoms with Gasteiger partial charge in [-0.05, 0) is 32.9 Å². The molecule has 2 rings (SSSR count). The van der Waals surface area contributed by atoms with Crippen molar-refractivity contribution in [1.29, 1.82) is 0 Å². The smallest absolute Gasteiger partial charge is 0.185 e. The van der Waals surface area contributed by atoms with E-state index in [4.69, 9.17) is 0 Å². The van der Waals surface area contributed by atoms with Gasteiger partial charge in [0.05, 0.1) is 0 Å². The summed E-state index contributed by atoms with van der Waals surface area (Å²) in [5.41, 5.74) is 0.748. The van der Waals surface area contributed by atoms with Crippen LogP contribution >= 0.6 is 0 Å². The third-order valence-corrected chi connectivity index (χ3v) is 3.13. The molecule has 2 heterocycles. The molecule has 1 aliphatic rings. The highest BCUT2D eigenvalue weighted by Crippen LogP contribution is 2.20. The Morgan fingerprint density at radius 3 is 3.13 bits per heavy atom. The maximum atomic E-state index is 12.2. The van der Waals surface area contributed by atoms with Gasteiger partial charge in [0.2, 0.25) is 0 Å². The van der Waals surface area contributed by atoms with E-state index in [-0.39, 0.29) is 17.7 Å². The number of aryl methyl sites for hydroxylation is 1. The topological polar surface area (TPSA) is 46.9 Å². The van der Waals surface area contributed by atoms with Gasteiger partial charge in [-0.2, -0.15) is 5.10 Å². The van der Waals surface area contributed by atoms with Crippen LogP contribution in [0.1, 0.15) is 30.8 Å². The molecule has 4 nitrogen and oxygen atoms in total. The summed E-state index contributed by atoms with van der Waals surface area (Å²) in [4.78, 5) is 12.2. The average molecular weight is 207 g/mol. The first-order valence-electron chi connectivity index (χ1n) is 5.53. The molecule has 4 heteroatoms. The van der Waals surface area contributed by atoms with Crippen molar-refractivity contribution in [3.63, 3.8) is 0 Å². The van der Waals surface area contributed by atoms with E-state index in [0.29, 0.717) is 0 Å². The molecule has 15 heavy (non-hydrogen) atoms. The van der Waals surface area contributed by atoms with E-state index in [1.54, 1.807) is 10.9 Å². The van der Waals surface area contributed by atoms with Crippen molar-refractivity contribution in [3.05, 3.63) is 18.0 Å². The summed E-state index contributed by atoms with van der Waals surface area (Å²) < 4.78 is 1.77. The summed E-state index contributed by atoms with van der Waals surface area (Å²) in [6.45, 7) is 5.77. The van der Waals surface area contributed by atoms with Gasteiger partial charge in [0.1, 0.15) is 5.69 Å². The monoisotopic (exact) mass is 207 g/mol. The van der Waals surface area contributed by atoms with Gasteiger partial charge >= 0.3 is 0 Å². The molecule has 1 aliphatic heterocycles. The summed E-state index contributed by atoms with van der Waals surface area (Å²) in [6.07, 6.45) is 2.64. The number of rotatable bonds is 3. The van der Waals surface area contributed by atoms with E-state index in [2.05, 4.69) is 17.3 Å². The van der Waals surface area contributed by atoms with Crippen LogP contribution in [0, 0.1) is 5.92 Å². The molecule has 0 radical (unpaired) electrons.